The largest absolute Gasteiger partial charge is 0.497 e. The first-order valence-electron chi connectivity index (χ1n) is 7.80. The number of sulfonamides is 1. The zero-order valence-electron chi connectivity index (χ0n) is 14.3. The summed E-state index contributed by atoms with van der Waals surface area (Å²) < 4.78 is 33.3. The molecule has 0 bridgehead atoms. The molecule has 134 valence electrons. The van der Waals surface area contributed by atoms with Crippen molar-refractivity contribution in [3.05, 3.63) is 36.7 Å². The average molecular weight is 364 g/mol. The Morgan fingerprint density at radius 1 is 1.20 bits per heavy atom. The second-order valence-corrected chi connectivity index (χ2v) is 7.72. The van der Waals surface area contributed by atoms with Crippen molar-refractivity contribution in [3.8, 4) is 5.75 Å². The molecule has 3 rings (SSSR count). The third kappa shape index (κ3) is 3.12. The van der Waals surface area contributed by atoms with Crippen molar-refractivity contribution in [2.75, 3.05) is 25.1 Å². The number of nitrogens with zero attached hydrogens (tertiary/aromatic N) is 4. The number of hydrogen-bond acceptors (Lipinski definition) is 5. The van der Waals surface area contributed by atoms with E-state index in [-0.39, 0.29) is 23.9 Å². The number of benzene rings is 1. The van der Waals surface area contributed by atoms with Gasteiger partial charge in [-0.05, 0) is 31.2 Å². The summed E-state index contributed by atoms with van der Waals surface area (Å²) in [6.07, 6.45) is 2.73. The van der Waals surface area contributed by atoms with E-state index in [4.69, 9.17) is 4.74 Å². The summed E-state index contributed by atoms with van der Waals surface area (Å²) in [5.41, 5.74) is 0.719. The van der Waals surface area contributed by atoms with Crippen LogP contribution < -0.4 is 9.64 Å². The number of piperazine rings is 1. The number of amides is 1. The highest BCUT2D eigenvalue weighted by Crippen LogP contribution is 2.26. The van der Waals surface area contributed by atoms with Gasteiger partial charge in [-0.2, -0.15) is 9.40 Å². The SMILES string of the molecule is COc1ccc(N2CCN(S(=O)(=O)c3cnn(C)c3)[C@H](C)C2=O)cc1. The van der Waals surface area contributed by atoms with Crippen molar-refractivity contribution in [2.45, 2.75) is 17.9 Å². The van der Waals surface area contributed by atoms with Gasteiger partial charge in [0.1, 0.15) is 16.7 Å². The highest BCUT2D eigenvalue weighted by atomic mass is 32.2. The molecule has 8 nitrogen and oxygen atoms in total. The van der Waals surface area contributed by atoms with Gasteiger partial charge in [0.05, 0.1) is 13.3 Å². The molecule has 1 aliphatic heterocycles. The van der Waals surface area contributed by atoms with Gasteiger partial charge in [0.25, 0.3) is 0 Å². The fraction of sp³-hybridized carbons (Fsp3) is 0.375. The van der Waals surface area contributed by atoms with Crippen LogP contribution >= 0.6 is 0 Å². The molecule has 1 fully saturated rings. The minimum atomic E-state index is -3.76. The lowest BCUT2D eigenvalue weighted by atomic mass is 10.2. The van der Waals surface area contributed by atoms with Gasteiger partial charge < -0.3 is 9.64 Å². The first-order valence-corrected chi connectivity index (χ1v) is 9.24. The monoisotopic (exact) mass is 364 g/mol. The highest BCUT2D eigenvalue weighted by Gasteiger charge is 2.40. The molecule has 1 aliphatic rings. The fourth-order valence-electron chi connectivity index (χ4n) is 2.87. The van der Waals surface area contributed by atoms with Crippen LogP contribution in [0.25, 0.3) is 0 Å². The van der Waals surface area contributed by atoms with Gasteiger partial charge in [-0.15, -0.1) is 0 Å². The van der Waals surface area contributed by atoms with E-state index >= 15 is 0 Å². The lowest BCUT2D eigenvalue weighted by Crippen LogP contribution is -2.57. The summed E-state index contributed by atoms with van der Waals surface area (Å²) in [7, 11) is -0.535. The van der Waals surface area contributed by atoms with E-state index in [1.54, 1.807) is 50.2 Å². The quantitative estimate of drug-likeness (QED) is 0.803. The zero-order chi connectivity index (χ0) is 18.2. The number of ether oxygens (including phenoxy) is 1. The molecule has 1 atom stereocenters. The number of carbonyl (C=O) groups excluding carboxylic acids is 1. The Labute approximate surface area is 146 Å². The first-order chi connectivity index (χ1) is 11.8. The summed E-state index contributed by atoms with van der Waals surface area (Å²) in [4.78, 5) is 14.4. The zero-order valence-corrected chi connectivity index (χ0v) is 15.1. The topological polar surface area (TPSA) is 84.7 Å². The van der Waals surface area contributed by atoms with Crippen LogP contribution in [0.1, 0.15) is 6.92 Å². The van der Waals surface area contributed by atoms with E-state index < -0.39 is 16.1 Å². The van der Waals surface area contributed by atoms with E-state index in [9.17, 15) is 13.2 Å². The molecule has 25 heavy (non-hydrogen) atoms. The molecular formula is C16H20N4O4S. The molecule has 1 amide bonds. The predicted molar refractivity (Wildman–Crippen MR) is 91.9 cm³/mol. The van der Waals surface area contributed by atoms with Gasteiger partial charge in [0, 0.05) is 32.0 Å². The Kier molecular flexibility index (Phi) is 4.53. The normalized spacial score (nSPS) is 19.2. The molecule has 9 heteroatoms. The summed E-state index contributed by atoms with van der Waals surface area (Å²) in [5, 5.41) is 3.90. The molecule has 2 aromatic rings. The third-order valence-electron chi connectivity index (χ3n) is 4.27. The highest BCUT2D eigenvalue weighted by molar-refractivity contribution is 7.89. The molecule has 0 saturated carbocycles. The minimum absolute atomic E-state index is 0.0903. The number of hydrogen-bond donors (Lipinski definition) is 0. The van der Waals surface area contributed by atoms with E-state index in [2.05, 4.69) is 5.10 Å². The maximum absolute atomic E-state index is 12.8. The maximum atomic E-state index is 12.8. The number of carbonyl (C=O) groups is 1. The third-order valence-corrected chi connectivity index (χ3v) is 6.19. The van der Waals surface area contributed by atoms with Crippen molar-refractivity contribution in [2.24, 2.45) is 7.05 Å². The average Bonchev–Trinajstić information content (AvgIpc) is 3.04. The molecule has 0 spiro atoms. The molecule has 2 heterocycles. The molecule has 1 aromatic heterocycles. The van der Waals surface area contributed by atoms with Crippen molar-refractivity contribution >= 4 is 21.6 Å². The standard InChI is InChI=1S/C16H20N4O4S/c1-12-16(21)19(13-4-6-14(24-3)7-5-13)8-9-20(12)25(22,23)15-10-17-18(2)11-15/h4-7,10-12H,8-9H2,1-3H3/t12-/m1/s1. The summed E-state index contributed by atoms with van der Waals surface area (Å²) in [6, 6.07) is 6.32. The Hall–Kier alpha value is -2.39. The van der Waals surface area contributed by atoms with Crippen LogP contribution in [0.2, 0.25) is 0 Å². The summed E-state index contributed by atoms with van der Waals surface area (Å²) >= 11 is 0. The van der Waals surface area contributed by atoms with Crippen LogP contribution in [0.5, 0.6) is 5.75 Å². The smallest absolute Gasteiger partial charge is 0.246 e. The van der Waals surface area contributed by atoms with Gasteiger partial charge in [-0.3, -0.25) is 9.48 Å². The Bertz CT molecular complexity index is 876. The van der Waals surface area contributed by atoms with Crippen LogP contribution in [-0.4, -0.2) is 54.7 Å². The van der Waals surface area contributed by atoms with Gasteiger partial charge >= 0.3 is 0 Å². The number of anilines is 1. The fourth-order valence-corrected chi connectivity index (χ4v) is 4.43. The van der Waals surface area contributed by atoms with Crippen molar-refractivity contribution in [1.82, 2.24) is 14.1 Å². The van der Waals surface area contributed by atoms with Gasteiger partial charge in [-0.1, -0.05) is 0 Å². The molecule has 0 radical (unpaired) electrons. The molecule has 1 saturated heterocycles. The second kappa shape index (κ2) is 6.49. The Morgan fingerprint density at radius 2 is 1.88 bits per heavy atom. The molecule has 0 unspecified atom stereocenters. The van der Waals surface area contributed by atoms with Crippen molar-refractivity contribution in [3.63, 3.8) is 0 Å². The number of rotatable bonds is 4. The van der Waals surface area contributed by atoms with Crippen molar-refractivity contribution < 1.29 is 17.9 Å². The van der Waals surface area contributed by atoms with E-state index in [0.717, 1.165) is 5.69 Å². The van der Waals surface area contributed by atoms with Crippen LogP contribution in [0.3, 0.4) is 0 Å². The van der Waals surface area contributed by atoms with Crippen LogP contribution in [0.15, 0.2) is 41.6 Å². The summed E-state index contributed by atoms with van der Waals surface area (Å²) in [5.74, 6) is 0.436. The lowest BCUT2D eigenvalue weighted by Gasteiger charge is -2.38. The maximum Gasteiger partial charge on any atom is 0.246 e. The number of methoxy groups -OCH3 is 1. The van der Waals surface area contributed by atoms with E-state index in [0.29, 0.717) is 5.75 Å². The Balaban J connectivity index is 1.83. The van der Waals surface area contributed by atoms with Crippen LogP contribution in [0.4, 0.5) is 5.69 Å². The van der Waals surface area contributed by atoms with Crippen LogP contribution in [0, 0.1) is 0 Å². The molecule has 1 aromatic carbocycles. The molecular weight excluding hydrogens is 344 g/mol. The second-order valence-electron chi connectivity index (χ2n) is 5.83. The number of aryl methyl sites for hydroxylation is 1. The minimum Gasteiger partial charge on any atom is -0.497 e. The van der Waals surface area contributed by atoms with Crippen LogP contribution in [-0.2, 0) is 21.9 Å². The molecule has 0 aliphatic carbocycles. The van der Waals surface area contributed by atoms with Gasteiger partial charge in [-0.25, -0.2) is 8.42 Å². The lowest BCUT2D eigenvalue weighted by molar-refractivity contribution is -0.123. The van der Waals surface area contributed by atoms with E-state index in [1.807, 2.05) is 0 Å². The molecule has 0 N–H and O–H groups in total. The van der Waals surface area contributed by atoms with Gasteiger partial charge in [0.15, 0.2) is 0 Å². The number of aromatic nitrogens is 2. The predicted octanol–water partition coefficient (Wildman–Crippen LogP) is 0.855. The Morgan fingerprint density at radius 3 is 2.44 bits per heavy atom. The van der Waals surface area contributed by atoms with Crippen molar-refractivity contribution in [1.29, 1.82) is 0 Å². The summed E-state index contributed by atoms with van der Waals surface area (Å²) in [6.45, 7) is 2.11. The first kappa shape index (κ1) is 17.4. The van der Waals surface area contributed by atoms with E-state index in [1.165, 1.54) is 21.4 Å². The van der Waals surface area contributed by atoms with Gasteiger partial charge in [0.2, 0.25) is 15.9 Å².